The first-order chi connectivity index (χ1) is 7.57. The van der Waals surface area contributed by atoms with Crippen LogP contribution in [0.25, 0.3) is 0 Å². The molecule has 1 saturated carbocycles. The van der Waals surface area contributed by atoms with Crippen molar-refractivity contribution < 1.29 is 17.6 Å². The highest BCUT2D eigenvalue weighted by molar-refractivity contribution is 4.90. The molecule has 0 nitrogen and oxygen atoms in total. The fourth-order valence-electron chi connectivity index (χ4n) is 2.04. The second-order valence-corrected chi connectivity index (χ2v) is 3.64. The monoisotopic (exact) mass is 244 g/mol. The van der Waals surface area contributed by atoms with Gasteiger partial charge in [0.1, 0.15) is 18.5 Å². The van der Waals surface area contributed by atoms with Crippen LogP contribution in [0, 0.1) is 11.8 Å². The van der Waals surface area contributed by atoms with Crippen LogP contribution >= 0.6 is 0 Å². The summed E-state index contributed by atoms with van der Waals surface area (Å²) in [5, 5.41) is 0. The van der Waals surface area contributed by atoms with Crippen LogP contribution in [0.1, 0.15) is 40.5 Å². The van der Waals surface area contributed by atoms with Gasteiger partial charge < -0.3 is 0 Å². The molecule has 1 fully saturated rings. The van der Waals surface area contributed by atoms with Crippen molar-refractivity contribution in [2.24, 2.45) is 11.8 Å². The van der Waals surface area contributed by atoms with Gasteiger partial charge in [0.2, 0.25) is 0 Å². The van der Waals surface area contributed by atoms with Gasteiger partial charge in [-0.3, -0.25) is 4.39 Å². The largest absolute Gasteiger partial charge is 0.255 e. The first-order valence-corrected chi connectivity index (χ1v) is 5.88. The molecule has 0 amide bonds. The lowest BCUT2D eigenvalue weighted by Gasteiger charge is -2.35. The van der Waals surface area contributed by atoms with Gasteiger partial charge in [-0.15, -0.1) is 0 Å². The molecule has 0 aromatic carbocycles. The van der Waals surface area contributed by atoms with Crippen molar-refractivity contribution in [1.82, 2.24) is 0 Å². The lowest BCUT2D eigenvalue weighted by atomic mass is 9.76. The van der Waals surface area contributed by atoms with Crippen molar-refractivity contribution >= 4 is 0 Å². The molecule has 0 spiro atoms. The molecule has 16 heavy (non-hydrogen) atoms. The van der Waals surface area contributed by atoms with Crippen molar-refractivity contribution in [2.45, 2.75) is 59.1 Å². The van der Waals surface area contributed by atoms with Gasteiger partial charge in [-0.1, -0.05) is 34.1 Å². The van der Waals surface area contributed by atoms with Crippen LogP contribution in [-0.2, 0) is 0 Å². The Hall–Kier alpha value is -0.280. The lowest BCUT2D eigenvalue weighted by molar-refractivity contribution is -0.0148. The SMILES string of the molecule is CC.CCC1C(F)CC(F)C(F)C1C.CF. The fourth-order valence-corrected chi connectivity index (χ4v) is 2.04. The summed E-state index contributed by atoms with van der Waals surface area (Å²) in [5.41, 5.74) is 0. The van der Waals surface area contributed by atoms with E-state index in [0.717, 1.165) is 0 Å². The van der Waals surface area contributed by atoms with Crippen LogP contribution in [0.2, 0.25) is 0 Å². The molecule has 5 atom stereocenters. The van der Waals surface area contributed by atoms with Crippen molar-refractivity contribution in [3.63, 3.8) is 0 Å². The van der Waals surface area contributed by atoms with Gasteiger partial charge in [-0.2, -0.15) is 0 Å². The van der Waals surface area contributed by atoms with Crippen molar-refractivity contribution in [2.75, 3.05) is 7.18 Å². The molecule has 0 aliphatic heterocycles. The minimum atomic E-state index is -1.60. The van der Waals surface area contributed by atoms with Crippen LogP contribution in [0.15, 0.2) is 0 Å². The lowest BCUT2D eigenvalue weighted by Crippen LogP contribution is -2.42. The highest BCUT2D eigenvalue weighted by Gasteiger charge is 2.42. The fraction of sp³-hybridized carbons (Fsp3) is 1.00. The van der Waals surface area contributed by atoms with E-state index in [2.05, 4.69) is 0 Å². The maximum absolute atomic E-state index is 13.1. The average molecular weight is 244 g/mol. The van der Waals surface area contributed by atoms with Gasteiger partial charge in [0.25, 0.3) is 0 Å². The summed E-state index contributed by atoms with van der Waals surface area (Å²) in [6, 6.07) is 0. The Bertz CT molecular complexity index is 152. The molecular formula is C12H24F4. The Morgan fingerprint density at radius 1 is 1.00 bits per heavy atom. The molecule has 1 rings (SSSR count). The smallest absolute Gasteiger partial charge is 0.134 e. The Kier molecular flexibility index (Phi) is 11.2. The summed E-state index contributed by atoms with van der Waals surface area (Å²) in [4.78, 5) is 0. The van der Waals surface area contributed by atoms with Crippen molar-refractivity contribution in [1.29, 1.82) is 0 Å². The van der Waals surface area contributed by atoms with Gasteiger partial charge in [-0.25, -0.2) is 13.2 Å². The Morgan fingerprint density at radius 3 is 1.81 bits per heavy atom. The number of alkyl halides is 4. The van der Waals surface area contributed by atoms with E-state index in [-0.39, 0.29) is 12.3 Å². The first kappa shape index (κ1) is 18.1. The van der Waals surface area contributed by atoms with Gasteiger partial charge in [0, 0.05) is 6.42 Å². The van der Waals surface area contributed by atoms with Crippen LogP contribution in [0.5, 0.6) is 0 Å². The molecular weight excluding hydrogens is 220 g/mol. The summed E-state index contributed by atoms with van der Waals surface area (Å²) in [7, 11) is 0.500. The molecule has 0 aromatic rings. The Labute approximate surface area is 96.4 Å². The second-order valence-electron chi connectivity index (χ2n) is 3.64. The minimum absolute atomic E-state index is 0.260. The topological polar surface area (TPSA) is 0 Å². The Balaban J connectivity index is 0. The van der Waals surface area contributed by atoms with Crippen LogP contribution in [0.4, 0.5) is 17.6 Å². The average Bonchev–Trinajstić information content (AvgIpc) is 2.32. The molecule has 0 saturated heterocycles. The van der Waals surface area contributed by atoms with Gasteiger partial charge in [0.05, 0.1) is 7.18 Å². The predicted octanol–water partition coefficient (Wildman–Crippen LogP) is 4.68. The van der Waals surface area contributed by atoms with E-state index in [0.29, 0.717) is 13.6 Å². The number of halogens is 4. The van der Waals surface area contributed by atoms with Gasteiger partial charge in [0.15, 0.2) is 0 Å². The van der Waals surface area contributed by atoms with E-state index < -0.39 is 24.4 Å². The molecule has 1 aliphatic carbocycles. The summed E-state index contributed by atoms with van der Waals surface area (Å²) in [6.45, 7) is 7.41. The maximum atomic E-state index is 13.1. The predicted molar refractivity (Wildman–Crippen MR) is 60.6 cm³/mol. The standard InChI is InChI=1S/C9H15F3.C2H6.CH3F/c1-3-6-5(2)9(12)8(11)4-7(6)10;2*1-2/h5-9H,3-4H2,1-2H3;1-2H3;1H3. The summed E-state index contributed by atoms with van der Waals surface area (Å²) >= 11 is 0. The first-order valence-electron chi connectivity index (χ1n) is 5.88. The van der Waals surface area contributed by atoms with Gasteiger partial charge in [-0.05, 0) is 11.8 Å². The number of hydrogen-bond donors (Lipinski definition) is 0. The number of hydrogen-bond acceptors (Lipinski definition) is 0. The maximum Gasteiger partial charge on any atom is 0.134 e. The van der Waals surface area contributed by atoms with E-state index in [1.165, 1.54) is 0 Å². The quantitative estimate of drug-likeness (QED) is 0.587. The summed E-state index contributed by atoms with van der Waals surface area (Å²) in [5.74, 6) is -0.777. The van der Waals surface area contributed by atoms with Gasteiger partial charge >= 0.3 is 0 Å². The number of rotatable bonds is 1. The normalized spacial score (nSPS) is 37.7. The third kappa shape index (κ3) is 4.71. The van der Waals surface area contributed by atoms with Crippen LogP contribution < -0.4 is 0 Å². The van der Waals surface area contributed by atoms with E-state index in [9.17, 15) is 17.6 Å². The zero-order valence-electron chi connectivity index (χ0n) is 10.8. The molecule has 4 heteroatoms. The summed E-state index contributed by atoms with van der Waals surface area (Å²) < 4.78 is 48.4. The van der Waals surface area contributed by atoms with E-state index in [1.54, 1.807) is 6.92 Å². The second kappa shape index (κ2) is 9.91. The third-order valence-electron chi connectivity index (χ3n) is 2.91. The zero-order chi connectivity index (χ0) is 13.3. The van der Waals surface area contributed by atoms with E-state index in [4.69, 9.17) is 0 Å². The molecule has 0 bridgehead atoms. The molecule has 0 aromatic heterocycles. The zero-order valence-corrected chi connectivity index (χ0v) is 10.8. The molecule has 5 unspecified atom stereocenters. The van der Waals surface area contributed by atoms with E-state index >= 15 is 0 Å². The molecule has 1 aliphatic rings. The highest BCUT2D eigenvalue weighted by atomic mass is 19.2. The Morgan fingerprint density at radius 2 is 1.44 bits per heavy atom. The molecule has 0 N–H and O–H groups in total. The minimum Gasteiger partial charge on any atom is -0.255 e. The molecule has 100 valence electrons. The molecule has 0 heterocycles. The van der Waals surface area contributed by atoms with Crippen molar-refractivity contribution in [3.05, 3.63) is 0 Å². The summed E-state index contributed by atoms with van der Waals surface area (Å²) in [6.07, 6.45) is -3.90. The van der Waals surface area contributed by atoms with E-state index in [1.807, 2.05) is 20.8 Å². The van der Waals surface area contributed by atoms with Crippen LogP contribution in [0.3, 0.4) is 0 Å². The highest BCUT2D eigenvalue weighted by Crippen LogP contribution is 2.37. The third-order valence-corrected chi connectivity index (χ3v) is 2.91. The van der Waals surface area contributed by atoms with Crippen molar-refractivity contribution in [3.8, 4) is 0 Å². The van der Waals surface area contributed by atoms with Crippen LogP contribution in [-0.4, -0.2) is 25.7 Å². The molecule has 0 radical (unpaired) electrons.